The number of anilines is 1. The highest BCUT2D eigenvalue weighted by Gasteiger charge is 2.32. The number of aliphatic hydroxyl groups excluding tert-OH is 1. The van der Waals surface area contributed by atoms with E-state index in [1.807, 2.05) is 6.07 Å². The number of nitro benzene ring substituents is 1. The zero-order valence-electron chi connectivity index (χ0n) is 12.1. The quantitative estimate of drug-likeness (QED) is 0.679. The minimum atomic E-state index is -0.535. The van der Waals surface area contributed by atoms with E-state index in [4.69, 9.17) is 5.26 Å². The predicted molar refractivity (Wildman–Crippen MR) is 79.1 cm³/mol. The first-order valence-corrected chi connectivity index (χ1v) is 7.09. The van der Waals surface area contributed by atoms with Crippen LogP contribution in [0.5, 0.6) is 0 Å². The first kappa shape index (κ1) is 15.3. The lowest BCUT2D eigenvalue weighted by Gasteiger charge is -2.41. The zero-order chi connectivity index (χ0) is 15.5. The fraction of sp³-hybridized carbons (Fsp3) is 0.533. The third-order valence-electron chi connectivity index (χ3n) is 4.57. The van der Waals surface area contributed by atoms with Gasteiger partial charge >= 0.3 is 0 Å². The van der Waals surface area contributed by atoms with Gasteiger partial charge in [0.05, 0.1) is 4.92 Å². The molecule has 0 aliphatic carbocycles. The Balaban J connectivity index is 2.18. The van der Waals surface area contributed by atoms with Crippen LogP contribution in [0.15, 0.2) is 18.2 Å². The molecule has 6 heteroatoms. The molecule has 21 heavy (non-hydrogen) atoms. The Bertz CT molecular complexity index is 566. The van der Waals surface area contributed by atoms with E-state index in [1.165, 1.54) is 6.07 Å². The zero-order valence-corrected chi connectivity index (χ0v) is 12.1. The predicted octanol–water partition coefficient (Wildman–Crippen LogP) is 2.46. The van der Waals surface area contributed by atoms with Crippen LogP contribution in [0.2, 0.25) is 0 Å². The number of nitrogens with zero attached hydrogens (tertiary/aromatic N) is 3. The number of piperidine rings is 1. The third-order valence-corrected chi connectivity index (χ3v) is 4.57. The Morgan fingerprint density at radius 2 is 2.14 bits per heavy atom. The number of rotatable bonds is 4. The van der Waals surface area contributed by atoms with Crippen LogP contribution in [0.1, 0.15) is 31.7 Å². The number of aliphatic hydroxyl groups is 1. The number of nitro groups is 1. The molecule has 0 atom stereocenters. The van der Waals surface area contributed by atoms with Gasteiger partial charge in [-0.25, -0.2) is 0 Å². The summed E-state index contributed by atoms with van der Waals surface area (Å²) in [6.45, 7) is 3.86. The summed E-state index contributed by atoms with van der Waals surface area (Å²) in [6.07, 6.45) is 2.72. The molecular formula is C15H19N3O3. The largest absolute Gasteiger partial charge is 0.396 e. The van der Waals surface area contributed by atoms with Gasteiger partial charge in [0.25, 0.3) is 5.69 Å². The molecule has 1 saturated heterocycles. The van der Waals surface area contributed by atoms with Crippen LogP contribution in [0.25, 0.3) is 0 Å². The first-order chi connectivity index (χ1) is 10.0. The van der Waals surface area contributed by atoms with E-state index in [0.717, 1.165) is 38.0 Å². The van der Waals surface area contributed by atoms with Gasteiger partial charge in [-0.2, -0.15) is 5.26 Å². The highest BCUT2D eigenvalue weighted by atomic mass is 16.6. The third kappa shape index (κ3) is 2.98. The molecule has 0 unspecified atom stereocenters. The molecule has 1 N–H and O–H groups in total. The van der Waals surface area contributed by atoms with Crippen molar-refractivity contribution in [1.82, 2.24) is 0 Å². The van der Waals surface area contributed by atoms with Crippen molar-refractivity contribution in [2.24, 2.45) is 5.41 Å². The minimum absolute atomic E-state index is 0.00463. The lowest BCUT2D eigenvalue weighted by molar-refractivity contribution is -0.385. The van der Waals surface area contributed by atoms with E-state index in [9.17, 15) is 15.2 Å². The highest BCUT2D eigenvalue weighted by molar-refractivity contribution is 5.60. The number of nitriles is 1. The van der Waals surface area contributed by atoms with E-state index in [1.54, 1.807) is 12.1 Å². The van der Waals surface area contributed by atoms with Crippen LogP contribution < -0.4 is 4.90 Å². The average molecular weight is 289 g/mol. The van der Waals surface area contributed by atoms with Crippen molar-refractivity contribution < 1.29 is 10.0 Å². The Morgan fingerprint density at radius 3 is 2.62 bits per heavy atom. The normalized spacial score (nSPS) is 17.3. The monoisotopic (exact) mass is 289 g/mol. The fourth-order valence-corrected chi connectivity index (χ4v) is 2.83. The van der Waals surface area contributed by atoms with Crippen molar-refractivity contribution >= 4 is 11.4 Å². The average Bonchev–Trinajstić information content (AvgIpc) is 2.54. The molecule has 1 aromatic rings. The molecule has 0 aromatic heterocycles. The summed E-state index contributed by atoms with van der Waals surface area (Å²) in [6, 6.07) is 6.55. The van der Waals surface area contributed by atoms with E-state index in [2.05, 4.69) is 11.8 Å². The molecule has 112 valence electrons. The topological polar surface area (TPSA) is 90.4 Å². The molecule has 0 saturated carbocycles. The molecule has 0 bridgehead atoms. The Morgan fingerprint density at radius 1 is 1.48 bits per heavy atom. The molecule has 0 amide bonds. The maximum atomic E-state index is 10.8. The van der Waals surface area contributed by atoms with Crippen molar-refractivity contribution in [1.29, 1.82) is 5.26 Å². The summed E-state index contributed by atoms with van der Waals surface area (Å²) in [7, 11) is 0. The van der Waals surface area contributed by atoms with Crippen LogP contribution in [0.3, 0.4) is 0 Å². The second kappa shape index (κ2) is 6.10. The minimum Gasteiger partial charge on any atom is -0.396 e. The van der Waals surface area contributed by atoms with E-state index in [-0.39, 0.29) is 23.3 Å². The van der Waals surface area contributed by atoms with Crippen LogP contribution in [-0.4, -0.2) is 29.7 Å². The van der Waals surface area contributed by atoms with Gasteiger partial charge in [-0.1, -0.05) is 6.92 Å². The van der Waals surface area contributed by atoms with E-state index >= 15 is 0 Å². The van der Waals surface area contributed by atoms with Crippen LogP contribution in [0.4, 0.5) is 11.4 Å². The molecule has 2 rings (SSSR count). The summed E-state index contributed by atoms with van der Waals surface area (Å²) in [4.78, 5) is 12.4. The SMILES string of the molecule is CCC1(CO)CCN(c2ccc([N+](=O)[O-])c(C#N)c2)CC1. The summed E-state index contributed by atoms with van der Waals surface area (Å²) >= 11 is 0. The Labute approximate surface area is 123 Å². The Hall–Kier alpha value is -2.13. The summed E-state index contributed by atoms with van der Waals surface area (Å²) in [5.41, 5.74) is 0.762. The van der Waals surface area contributed by atoms with Gasteiger partial charge in [0, 0.05) is 31.5 Å². The van der Waals surface area contributed by atoms with Crippen molar-refractivity contribution in [3.8, 4) is 6.07 Å². The van der Waals surface area contributed by atoms with E-state index < -0.39 is 4.92 Å². The highest BCUT2D eigenvalue weighted by Crippen LogP contribution is 2.36. The van der Waals surface area contributed by atoms with Crippen LogP contribution >= 0.6 is 0 Å². The van der Waals surface area contributed by atoms with Gasteiger partial charge in [0.2, 0.25) is 0 Å². The Kier molecular flexibility index (Phi) is 4.43. The molecule has 6 nitrogen and oxygen atoms in total. The van der Waals surface area contributed by atoms with Crippen molar-refractivity contribution in [2.45, 2.75) is 26.2 Å². The molecule has 1 aliphatic rings. The molecule has 0 spiro atoms. The second-order valence-electron chi connectivity index (χ2n) is 5.57. The molecule has 1 aliphatic heterocycles. The molecule has 1 heterocycles. The van der Waals surface area contributed by atoms with E-state index in [0.29, 0.717) is 0 Å². The summed E-state index contributed by atoms with van der Waals surface area (Å²) < 4.78 is 0. The number of hydrogen-bond donors (Lipinski definition) is 1. The fourth-order valence-electron chi connectivity index (χ4n) is 2.83. The smallest absolute Gasteiger partial charge is 0.287 e. The lowest BCUT2D eigenvalue weighted by Crippen LogP contribution is -2.41. The first-order valence-electron chi connectivity index (χ1n) is 7.09. The van der Waals surface area contributed by atoms with Gasteiger partial charge < -0.3 is 10.0 Å². The van der Waals surface area contributed by atoms with Gasteiger partial charge in [0.1, 0.15) is 11.6 Å². The van der Waals surface area contributed by atoms with Gasteiger partial charge in [-0.3, -0.25) is 10.1 Å². The molecular weight excluding hydrogens is 270 g/mol. The molecule has 1 aromatic carbocycles. The number of hydrogen-bond acceptors (Lipinski definition) is 5. The molecule has 1 fully saturated rings. The molecule has 0 radical (unpaired) electrons. The maximum absolute atomic E-state index is 10.8. The van der Waals surface area contributed by atoms with Gasteiger partial charge in [-0.05, 0) is 36.8 Å². The standard InChI is InChI=1S/C15H19N3O3/c1-2-15(11-19)5-7-17(8-6-15)13-3-4-14(18(20)21)12(9-13)10-16/h3-4,9,19H,2,5-8,11H2,1H3. The van der Waals surface area contributed by atoms with Crippen molar-refractivity contribution in [3.63, 3.8) is 0 Å². The van der Waals surface area contributed by atoms with Crippen LogP contribution in [-0.2, 0) is 0 Å². The van der Waals surface area contributed by atoms with Gasteiger partial charge in [-0.15, -0.1) is 0 Å². The van der Waals surface area contributed by atoms with Crippen molar-refractivity contribution in [3.05, 3.63) is 33.9 Å². The number of benzene rings is 1. The lowest BCUT2D eigenvalue weighted by atomic mass is 9.77. The van der Waals surface area contributed by atoms with Crippen LogP contribution in [0, 0.1) is 26.9 Å². The summed E-state index contributed by atoms with van der Waals surface area (Å²) in [5.74, 6) is 0. The van der Waals surface area contributed by atoms with Crippen molar-refractivity contribution in [2.75, 3.05) is 24.6 Å². The second-order valence-corrected chi connectivity index (χ2v) is 5.57. The maximum Gasteiger partial charge on any atom is 0.287 e. The van der Waals surface area contributed by atoms with Gasteiger partial charge in [0.15, 0.2) is 0 Å². The summed E-state index contributed by atoms with van der Waals surface area (Å²) in [5, 5.41) is 29.4.